The number of hydrogen-bond acceptors (Lipinski definition) is 4. The van der Waals surface area contributed by atoms with Gasteiger partial charge < -0.3 is 10.5 Å². The third kappa shape index (κ3) is 2.59. The van der Waals surface area contributed by atoms with E-state index >= 15 is 0 Å². The molecule has 0 spiro atoms. The minimum absolute atomic E-state index is 0.123. The number of ether oxygens (including phenoxy) is 1. The lowest BCUT2D eigenvalue weighted by Crippen LogP contribution is -2.28. The van der Waals surface area contributed by atoms with Crippen molar-refractivity contribution in [1.29, 1.82) is 0 Å². The number of anilines is 1. The molecule has 24 heavy (non-hydrogen) atoms. The molecule has 2 aromatic carbocycles. The lowest BCUT2D eigenvalue weighted by atomic mass is 10.1. The van der Waals surface area contributed by atoms with E-state index in [4.69, 9.17) is 10.5 Å². The second-order valence-electron chi connectivity index (χ2n) is 5.42. The van der Waals surface area contributed by atoms with Crippen LogP contribution < -0.4 is 11.3 Å². The standard InChI is InChI=1S/C18H15BrN2O3/c1-10-3-6-12(7-4-10)21-14-9-11(19)5-8-13(14)16(20)15(17(21)22)18(23)24-2/h3-9H,20H2,1-2H3. The molecular formula is C18H15BrN2O3. The zero-order valence-electron chi connectivity index (χ0n) is 13.2. The van der Waals surface area contributed by atoms with Gasteiger partial charge in [-0.3, -0.25) is 9.36 Å². The number of esters is 1. The molecule has 1 aromatic heterocycles. The van der Waals surface area contributed by atoms with Crippen molar-refractivity contribution in [2.24, 2.45) is 0 Å². The number of aryl methyl sites for hydroxylation is 1. The highest BCUT2D eigenvalue weighted by Gasteiger charge is 2.22. The summed E-state index contributed by atoms with van der Waals surface area (Å²) in [5, 5.41) is 0.610. The number of nitrogens with zero attached hydrogens (tertiary/aromatic N) is 1. The van der Waals surface area contributed by atoms with E-state index in [0.717, 1.165) is 10.0 Å². The number of halogens is 1. The van der Waals surface area contributed by atoms with Crippen molar-refractivity contribution in [3.8, 4) is 5.69 Å². The van der Waals surface area contributed by atoms with Crippen molar-refractivity contribution in [3.05, 3.63) is 68.4 Å². The fraction of sp³-hybridized carbons (Fsp3) is 0.111. The molecule has 5 nitrogen and oxygen atoms in total. The molecule has 0 unspecified atom stereocenters. The van der Waals surface area contributed by atoms with Crippen molar-refractivity contribution in [2.75, 3.05) is 12.8 Å². The number of hydrogen-bond donors (Lipinski definition) is 1. The van der Waals surface area contributed by atoms with Gasteiger partial charge in [0.2, 0.25) is 0 Å². The van der Waals surface area contributed by atoms with E-state index in [2.05, 4.69) is 15.9 Å². The molecule has 2 N–H and O–H groups in total. The largest absolute Gasteiger partial charge is 0.465 e. The van der Waals surface area contributed by atoms with Crippen LogP contribution in [0.15, 0.2) is 51.7 Å². The van der Waals surface area contributed by atoms with Crippen LogP contribution in [0.4, 0.5) is 5.69 Å². The summed E-state index contributed by atoms with van der Waals surface area (Å²) in [4.78, 5) is 25.0. The van der Waals surface area contributed by atoms with E-state index in [0.29, 0.717) is 16.6 Å². The number of aromatic nitrogens is 1. The number of pyridine rings is 1. The van der Waals surface area contributed by atoms with Gasteiger partial charge in [0.1, 0.15) is 5.56 Å². The van der Waals surface area contributed by atoms with Gasteiger partial charge in [0.05, 0.1) is 18.3 Å². The molecule has 6 heteroatoms. The number of carbonyl (C=O) groups excluding carboxylic acids is 1. The summed E-state index contributed by atoms with van der Waals surface area (Å²) >= 11 is 3.41. The topological polar surface area (TPSA) is 74.3 Å². The quantitative estimate of drug-likeness (QED) is 0.684. The summed E-state index contributed by atoms with van der Waals surface area (Å²) in [6, 6.07) is 12.8. The van der Waals surface area contributed by atoms with E-state index in [1.54, 1.807) is 12.1 Å². The van der Waals surface area contributed by atoms with Crippen molar-refractivity contribution < 1.29 is 9.53 Å². The molecule has 3 rings (SSSR count). The predicted molar refractivity (Wildman–Crippen MR) is 97.7 cm³/mol. The molecule has 0 bridgehead atoms. The first-order chi connectivity index (χ1) is 11.4. The molecule has 0 aliphatic heterocycles. The van der Waals surface area contributed by atoms with Crippen LogP contribution in [-0.2, 0) is 4.74 Å². The monoisotopic (exact) mass is 386 g/mol. The van der Waals surface area contributed by atoms with Gasteiger partial charge in [-0.05, 0) is 37.3 Å². The van der Waals surface area contributed by atoms with Crippen molar-refractivity contribution >= 4 is 38.5 Å². The molecule has 1 heterocycles. The fourth-order valence-corrected chi connectivity index (χ4v) is 2.99. The Morgan fingerprint density at radius 3 is 2.46 bits per heavy atom. The average Bonchev–Trinajstić information content (AvgIpc) is 2.56. The maximum absolute atomic E-state index is 13.0. The second kappa shape index (κ2) is 6.13. The van der Waals surface area contributed by atoms with Crippen LogP contribution in [0.2, 0.25) is 0 Å². The molecule has 3 aromatic rings. The molecule has 0 aliphatic carbocycles. The molecule has 122 valence electrons. The minimum atomic E-state index is -0.747. The summed E-state index contributed by atoms with van der Waals surface area (Å²) in [7, 11) is 1.23. The van der Waals surface area contributed by atoms with Gasteiger partial charge in [-0.2, -0.15) is 0 Å². The van der Waals surface area contributed by atoms with Gasteiger partial charge in [-0.25, -0.2) is 4.79 Å². The molecule has 0 saturated heterocycles. The van der Waals surface area contributed by atoms with E-state index in [1.165, 1.54) is 11.7 Å². The van der Waals surface area contributed by atoms with Crippen LogP contribution in [0.25, 0.3) is 16.6 Å². The smallest absolute Gasteiger partial charge is 0.345 e. The first-order valence-corrected chi connectivity index (χ1v) is 8.02. The minimum Gasteiger partial charge on any atom is -0.465 e. The molecule has 0 amide bonds. The fourth-order valence-electron chi connectivity index (χ4n) is 2.64. The van der Waals surface area contributed by atoms with Crippen LogP contribution in [0, 0.1) is 6.92 Å². The number of rotatable bonds is 2. The van der Waals surface area contributed by atoms with Crippen LogP contribution in [-0.4, -0.2) is 17.6 Å². The molecule has 0 atom stereocenters. The average molecular weight is 387 g/mol. The number of fused-ring (bicyclic) bond motifs is 1. The normalized spacial score (nSPS) is 10.8. The van der Waals surface area contributed by atoms with Crippen molar-refractivity contribution in [2.45, 2.75) is 6.92 Å². The summed E-state index contributed by atoms with van der Waals surface area (Å²) in [5.41, 5.74) is 7.88. The summed E-state index contributed by atoms with van der Waals surface area (Å²) in [6.45, 7) is 1.96. The molecular weight excluding hydrogens is 372 g/mol. The maximum atomic E-state index is 13.0. The zero-order valence-corrected chi connectivity index (χ0v) is 14.8. The Labute approximate surface area is 146 Å². The van der Waals surface area contributed by atoms with E-state index in [-0.39, 0.29) is 11.3 Å². The molecule has 0 saturated carbocycles. The van der Waals surface area contributed by atoms with Gasteiger partial charge in [0.25, 0.3) is 5.56 Å². The Balaban J connectivity index is 2.50. The zero-order chi connectivity index (χ0) is 17.4. The van der Waals surface area contributed by atoms with Crippen LogP contribution in [0.1, 0.15) is 15.9 Å². The summed E-state index contributed by atoms with van der Waals surface area (Å²) in [6.07, 6.45) is 0. The number of nitrogen functional groups attached to an aromatic ring is 1. The highest BCUT2D eigenvalue weighted by molar-refractivity contribution is 9.10. The molecule has 0 fully saturated rings. The van der Waals surface area contributed by atoms with Crippen molar-refractivity contribution in [1.82, 2.24) is 4.57 Å². The van der Waals surface area contributed by atoms with Gasteiger partial charge in [0.15, 0.2) is 0 Å². The second-order valence-corrected chi connectivity index (χ2v) is 6.33. The highest BCUT2D eigenvalue weighted by atomic mass is 79.9. The highest BCUT2D eigenvalue weighted by Crippen LogP contribution is 2.28. The third-order valence-corrected chi connectivity index (χ3v) is 4.35. The first-order valence-electron chi connectivity index (χ1n) is 7.23. The number of benzene rings is 2. The predicted octanol–water partition coefficient (Wildman–Crippen LogP) is 3.43. The Hall–Kier alpha value is -2.60. The van der Waals surface area contributed by atoms with Gasteiger partial charge >= 0.3 is 5.97 Å². The maximum Gasteiger partial charge on any atom is 0.345 e. The Kier molecular flexibility index (Phi) is 4.15. The van der Waals surface area contributed by atoms with Gasteiger partial charge in [-0.1, -0.05) is 33.6 Å². The molecule has 0 aliphatic rings. The SMILES string of the molecule is COC(=O)c1c(N)c2ccc(Br)cc2n(-c2ccc(C)cc2)c1=O. The Bertz CT molecular complexity index is 1010. The van der Waals surface area contributed by atoms with Crippen LogP contribution in [0.5, 0.6) is 0 Å². The Morgan fingerprint density at radius 2 is 1.83 bits per heavy atom. The first kappa shape index (κ1) is 16.3. The Morgan fingerprint density at radius 1 is 1.17 bits per heavy atom. The van der Waals surface area contributed by atoms with Gasteiger partial charge in [0, 0.05) is 15.5 Å². The molecule has 0 radical (unpaired) electrons. The van der Waals surface area contributed by atoms with E-state index < -0.39 is 11.5 Å². The lowest BCUT2D eigenvalue weighted by molar-refractivity contribution is 0.0600. The van der Waals surface area contributed by atoms with Gasteiger partial charge in [-0.15, -0.1) is 0 Å². The van der Waals surface area contributed by atoms with E-state index in [1.807, 2.05) is 37.3 Å². The summed E-state index contributed by atoms with van der Waals surface area (Å²) in [5.74, 6) is -0.747. The number of carbonyl (C=O) groups is 1. The third-order valence-electron chi connectivity index (χ3n) is 3.86. The van der Waals surface area contributed by atoms with Crippen molar-refractivity contribution in [3.63, 3.8) is 0 Å². The summed E-state index contributed by atoms with van der Waals surface area (Å²) < 4.78 is 7.02. The van der Waals surface area contributed by atoms with Crippen LogP contribution in [0.3, 0.4) is 0 Å². The number of methoxy groups -OCH3 is 1. The van der Waals surface area contributed by atoms with Crippen LogP contribution >= 0.6 is 15.9 Å². The number of nitrogens with two attached hydrogens (primary N) is 1. The van der Waals surface area contributed by atoms with E-state index in [9.17, 15) is 9.59 Å². The lowest BCUT2D eigenvalue weighted by Gasteiger charge is -2.15.